The quantitative estimate of drug-likeness (QED) is 0.444. The molecule has 2 aliphatic rings. The fourth-order valence-corrected chi connectivity index (χ4v) is 5.49. The Kier molecular flexibility index (Phi) is 7.69. The lowest BCUT2D eigenvalue weighted by molar-refractivity contribution is 0.0995. The van der Waals surface area contributed by atoms with E-state index in [1.54, 1.807) is 11.7 Å². The lowest BCUT2D eigenvalue weighted by atomic mass is 9.93. The minimum atomic E-state index is -0.771. The fourth-order valence-electron chi connectivity index (χ4n) is 5.49. The van der Waals surface area contributed by atoms with E-state index in [0.29, 0.717) is 24.4 Å². The highest BCUT2D eigenvalue weighted by Crippen LogP contribution is 2.36. The molecule has 10 heteroatoms. The van der Waals surface area contributed by atoms with Crippen LogP contribution in [0.5, 0.6) is 5.75 Å². The van der Waals surface area contributed by atoms with Crippen LogP contribution >= 0.6 is 0 Å². The molecule has 1 atom stereocenters. The maximum absolute atomic E-state index is 13.1. The number of ether oxygens (including phenoxy) is 2. The van der Waals surface area contributed by atoms with Crippen molar-refractivity contribution in [2.45, 2.75) is 44.2 Å². The Morgan fingerprint density at radius 3 is 2.34 bits per heavy atom. The normalized spacial score (nSPS) is 17.3. The predicted molar refractivity (Wildman–Crippen MR) is 143 cm³/mol. The molecule has 0 bridgehead atoms. The minimum absolute atomic E-state index is 0.0722. The van der Waals surface area contributed by atoms with Crippen LogP contribution in [0.2, 0.25) is 0 Å². The third-order valence-electron chi connectivity index (χ3n) is 7.66. The van der Waals surface area contributed by atoms with Crippen LogP contribution in [0.1, 0.15) is 49.8 Å². The Morgan fingerprint density at radius 2 is 1.71 bits per heavy atom. The van der Waals surface area contributed by atoms with Gasteiger partial charge in [-0.1, -0.05) is 24.3 Å². The summed E-state index contributed by atoms with van der Waals surface area (Å²) in [4.78, 5) is 39.7. The number of benzene rings is 2. The van der Waals surface area contributed by atoms with Crippen molar-refractivity contribution in [1.29, 1.82) is 0 Å². The van der Waals surface area contributed by atoms with Crippen molar-refractivity contribution < 1.29 is 19.1 Å². The summed E-state index contributed by atoms with van der Waals surface area (Å²) < 4.78 is 13.4. The van der Waals surface area contributed by atoms with E-state index in [1.807, 2.05) is 48.5 Å². The highest BCUT2D eigenvalue weighted by Gasteiger charge is 2.31. The molecule has 2 aromatic carbocycles. The molecule has 0 spiro atoms. The molecule has 1 aliphatic carbocycles. The zero-order valence-electron chi connectivity index (χ0n) is 21.7. The summed E-state index contributed by atoms with van der Waals surface area (Å²) in [5.74, 6) is 1.09. The van der Waals surface area contributed by atoms with E-state index < -0.39 is 6.09 Å². The smallest absolute Gasteiger partial charge is 0.404 e. The number of likely N-dealkylation sites (tertiary alicyclic amines) is 1. The van der Waals surface area contributed by atoms with Gasteiger partial charge in [0.1, 0.15) is 5.75 Å². The summed E-state index contributed by atoms with van der Waals surface area (Å²) in [5.41, 5.74) is 7.49. The summed E-state index contributed by atoms with van der Waals surface area (Å²) in [6.45, 7) is 2.44. The van der Waals surface area contributed by atoms with Gasteiger partial charge in [-0.25, -0.2) is 19.0 Å². The fraction of sp³-hybridized carbons (Fsp3) is 0.464. The zero-order valence-corrected chi connectivity index (χ0v) is 21.7. The number of nitrogens with one attached hydrogen (secondary N) is 1. The SMILES string of the molecule is COc1ccc(C(CCOC(N)=O)N2CCC(CNC(=O)n3c(=O)n(C4CC4)c4ccccc43)CC2)cc1. The molecule has 1 unspecified atom stereocenters. The second-order valence-electron chi connectivity index (χ2n) is 10.1. The summed E-state index contributed by atoms with van der Waals surface area (Å²) in [7, 11) is 1.64. The van der Waals surface area contributed by atoms with Gasteiger partial charge in [-0.15, -0.1) is 0 Å². The molecule has 5 rings (SSSR count). The number of primary amides is 1. The second-order valence-corrected chi connectivity index (χ2v) is 10.1. The standard InChI is InChI=1S/C28H35N5O5/c1-37-22-10-6-20(7-11-22)23(14-17-38-26(29)34)31-15-12-19(13-16-31)18-30-27(35)33-25-5-3-2-4-24(25)32(28(33)36)21-8-9-21/h2-7,10-11,19,21,23H,8-9,12-18H2,1H3,(H2,29,34)(H,30,35). The maximum Gasteiger partial charge on any atom is 0.404 e. The highest BCUT2D eigenvalue weighted by molar-refractivity contribution is 5.89. The number of nitrogens with two attached hydrogens (primary N) is 1. The Morgan fingerprint density at radius 1 is 1.03 bits per heavy atom. The molecular formula is C28H35N5O5. The van der Waals surface area contributed by atoms with Crippen LogP contribution < -0.4 is 21.5 Å². The zero-order chi connectivity index (χ0) is 26.6. The number of amides is 2. The number of imidazole rings is 1. The van der Waals surface area contributed by atoms with Gasteiger partial charge in [-0.3, -0.25) is 9.47 Å². The summed E-state index contributed by atoms with van der Waals surface area (Å²) in [6.07, 6.45) is 3.61. The highest BCUT2D eigenvalue weighted by atomic mass is 16.5. The van der Waals surface area contributed by atoms with E-state index in [-0.39, 0.29) is 30.4 Å². The third-order valence-corrected chi connectivity index (χ3v) is 7.66. The average molecular weight is 522 g/mol. The van der Waals surface area contributed by atoms with Crippen molar-refractivity contribution in [1.82, 2.24) is 19.4 Å². The van der Waals surface area contributed by atoms with Gasteiger partial charge in [0, 0.05) is 25.0 Å². The Labute approximate surface area is 221 Å². The van der Waals surface area contributed by atoms with Gasteiger partial charge in [-0.05, 0) is 74.5 Å². The topological polar surface area (TPSA) is 121 Å². The van der Waals surface area contributed by atoms with Crippen LogP contribution in [-0.2, 0) is 4.74 Å². The molecular weight excluding hydrogens is 486 g/mol. The van der Waals surface area contributed by atoms with E-state index >= 15 is 0 Å². The lowest BCUT2D eigenvalue weighted by Gasteiger charge is -2.38. The Bertz CT molecular complexity index is 1340. The van der Waals surface area contributed by atoms with Gasteiger partial charge in [-0.2, -0.15) is 0 Å². The summed E-state index contributed by atoms with van der Waals surface area (Å²) >= 11 is 0. The largest absolute Gasteiger partial charge is 0.497 e. The van der Waals surface area contributed by atoms with Crippen LogP contribution in [0.25, 0.3) is 11.0 Å². The Hall–Kier alpha value is -3.79. The first-order valence-corrected chi connectivity index (χ1v) is 13.3. The molecule has 2 amide bonds. The van der Waals surface area contributed by atoms with Crippen molar-refractivity contribution in [3.8, 4) is 5.75 Å². The molecule has 3 N–H and O–H groups in total. The van der Waals surface area contributed by atoms with Crippen LogP contribution in [0.3, 0.4) is 0 Å². The van der Waals surface area contributed by atoms with E-state index in [0.717, 1.165) is 55.6 Å². The average Bonchev–Trinajstić information content (AvgIpc) is 3.72. The number of nitrogens with zero attached hydrogens (tertiary/aromatic N) is 3. The van der Waals surface area contributed by atoms with Crippen molar-refractivity contribution in [3.63, 3.8) is 0 Å². The number of hydrogen-bond acceptors (Lipinski definition) is 6. The summed E-state index contributed by atoms with van der Waals surface area (Å²) in [5, 5.41) is 3.02. The number of aromatic nitrogens is 2. The van der Waals surface area contributed by atoms with Gasteiger partial charge >= 0.3 is 17.8 Å². The molecule has 3 aromatic rings. The molecule has 10 nitrogen and oxygen atoms in total. The molecule has 38 heavy (non-hydrogen) atoms. The van der Waals surface area contributed by atoms with Gasteiger partial charge < -0.3 is 20.5 Å². The Balaban J connectivity index is 1.21. The van der Waals surface area contributed by atoms with Crippen LogP contribution in [0.4, 0.5) is 9.59 Å². The molecule has 2 fully saturated rings. The van der Waals surface area contributed by atoms with Gasteiger partial charge in [0.05, 0.1) is 24.8 Å². The molecule has 1 saturated carbocycles. The number of rotatable bonds is 9. The van der Waals surface area contributed by atoms with Crippen LogP contribution in [0.15, 0.2) is 53.3 Å². The van der Waals surface area contributed by atoms with Gasteiger partial charge in [0.25, 0.3) is 0 Å². The van der Waals surface area contributed by atoms with E-state index in [2.05, 4.69) is 10.2 Å². The first kappa shape index (κ1) is 25.8. The van der Waals surface area contributed by atoms with Crippen molar-refractivity contribution in [3.05, 3.63) is 64.6 Å². The molecule has 1 saturated heterocycles. The first-order chi connectivity index (χ1) is 18.5. The second kappa shape index (κ2) is 11.3. The number of para-hydroxylation sites is 2. The van der Waals surface area contributed by atoms with Crippen LogP contribution in [-0.4, -0.2) is 59.5 Å². The van der Waals surface area contributed by atoms with E-state index in [1.165, 1.54) is 4.57 Å². The lowest BCUT2D eigenvalue weighted by Crippen LogP contribution is -2.43. The van der Waals surface area contributed by atoms with Crippen molar-refractivity contribution in [2.24, 2.45) is 11.7 Å². The molecule has 2 heterocycles. The van der Waals surface area contributed by atoms with Gasteiger partial charge in [0.15, 0.2) is 0 Å². The number of methoxy groups -OCH3 is 1. The summed E-state index contributed by atoms with van der Waals surface area (Å²) in [6, 6.07) is 15.3. The van der Waals surface area contributed by atoms with E-state index in [4.69, 9.17) is 15.2 Å². The number of fused-ring (bicyclic) bond motifs is 1. The number of piperidine rings is 1. The number of hydrogen-bond donors (Lipinski definition) is 2. The monoisotopic (exact) mass is 521 g/mol. The molecule has 1 aromatic heterocycles. The number of carbonyl (C=O) groups excluding carboxylic acids is 2. The van der Waals surface area contributed by atoms with Crippen molar-refractivity contribution >= 4 is 23.2 Å². The molecule has 1 aliphatic heterocycles. The first-order valence-electron chi connectivity index (χ1n) is 13.3. The maximum atomic E-state index is 13.1. The third kappa shape index (κ3) is 5.55. The van der Waals surface area contributed by atoms with Gasteiger partial charge in [0.2, 0.25) is 0 Å². The molecule has 0 radical (unpaired) electrons. The number of carbonyl (C=O) groups is 2. The van der Waals surface area contributed by atoms with Crippen molar-refractivity contribution in [2.75, 3.05) is 33.4 Å². The van der Waals surface area contributed by atoms with Crippen LogP contribution in [0, 0.1) is 5.92 Å². The minimum Gasteiger partial charge on any atom is -0.497 e. The predicted octanol–water partition coefficient (Wildman–Crippen LogP) is 3.64. The van der Waals surface area contributed by atoms with E-state index in [9.17, 15) is 14.4 Å². The molecule has 202 valence electrons.